The molecule has 0 saturated carbocycles. The van der Waals surface area contributed by atoms with Gasteiger partial charge < -0.3 is 20.4 Å². The van der Waals surface area contributed by atoms with Gasteiger partial charge in [0, 0.05) is 0 Å². The molecule has 15 heavy (non-hydrogen) atoms. The van der Waals surface area contributed by atoms with Crippen molar-refractivity contribution in [3.8, 4) is 0 Å². The van der Waals surface area contributed by atoms with Crippen LogP contribution in [0.2, 0.25) is 0 Å². The first kappa shape index (κ1) is 14.6. The van der Waals surface area contributed by atoms with Gasteiger partial charge in [0.25, 0.3) is 0 Å². The molecular formula is C8H15F3O4. The Morgan fingerprint density at radius 1 is 1.07 bits per heavy atom. The van der Waals surface area contributed by atoms with Gasteiger partial charge in [0.1, 0.15) is 6.17 Å². The maximum atomic E-state index is 12.9. The molecule has 0 rings (SSSR count). The highest BCUT2D eigenvalue weighted by molar-refractivity contribution is 4.80. The summed E-state index contributed by atoms with van der Waals surface area (Å²) < 4.78 is 37.4. The zero-order valence-electron chi connectivity index (χ0n) is 7.98. The lowest BCUT2D eigenvalue weighted by Crippen LogP contribution is -2.50. The molecule has 0 bridgehead atoms. The predicted octanol–water partition coefficient (Wildman–Crippen LogP) is -0.206. The number of alkyl halides is 3. The molecule has 0 amide bonds. The van der Waals surface area contributed by atoms with E-state index in [4.69, 9.17) is 20.4 Å². The van der Waals surface area contributed by atoms with Crippen LogP contribution in [0.1, 0.15) is 19.3 Å². The summed E-state index contributed by atoms with van der Waals surface area (Å²) in [5, 5.41) is 33.9. The van der Waals surface area contributed by atoms with Crippen LogP contribution in [0.4, 0.5) is 13.2 Å². The molecule has 0 aliphatic carbocycles. The van der Waals surface area contributed by atoms with Crippen molar-refractivity contribution in [2.24, 2.45) is 0 Å². The minimum Gasteiger partial charge on any atom is -0.382 e. The zero-order valence-corrected chi connectivity index (χ0v) is 7.98. The van der Waals surface area contributed by atoms with E-state index < -0.39 is 31.1 Å². The van der Waals surface area contributed by atoms with Gasteiger partial charge in [-0.3, -0.25) is 4.39 Å². The largest absolute Gasteiger partial charge is 0.382 e. The summed E-state index contributed by atoms with van der Waals surface area (Å²) in [4.78, 5) is 0. The molecule has 92 valence electrons. The molecule has 0 fully saturated rings. The molecule has 0 spiro atoms. The van der Waals surface area contributed by atoms with Crippen LogP contribution in [0.5, 0.6) is 0 Å². The molecule has 3 unspecified atom stereocenters. The Morgan fingerprint density at radius 2 is 1.60 bits per heavy atom. The summed E-state index contributed by atoms with van der Waals surface area (Å²) >= 11 is 0. The Bertz CT molecular complexity index is 174. The van der Waals surface area contributed by atoms with Gasteiger partial charge in [-0.05, 0) is 19.3 Å². The molecule has 0 aromatic heterocycles. The van der Waals surface area contributed by atoms with Gasteiger partial charge in [-0.25, -0.2) is 8.78 Å². The highest BCUT2D eigenvalue weighted by Gasteiger charge is 2.41. The van der Waals surface area contributed by atoms with E-state index >= 15 is 0 Å². The van der Waals surface area contributed by atoms with Crippen LogP contribution < -0.4 is 0 Å². The summed E-state index contributed by atoms with van der Waals surface area (Å²) in [7, 11) is 0. The zero-order chi connectivity index (χ0) is 12.1. The first-order valence-electron chi connectivity index (χ1n) is 4.50. The molecule has 0 aliphatic rings. The van der Waals surface area contributed by atoms with Crippen molar-refractivity contribution in [1.82, 2.24) is 0 Å². The Hall–Kier alpha value is -0.370. The molecule has 3 atom stereocenters. The van der Waals surface area contributed by atoms with E-state index in [9.17, 15) is 13.2 Å². The van der Waals surface area contributed by atoms with Crippen molar-refractivity contribution >= 4 is 0 Å². The fraction of sp³-hybridized carbons (Fsp3) is 1.00. The lowest BCUT2D eigenvalue weighted by Gasteiger charge is -2.25. The Morgan fingerprint density at radius 3 is 2.00 bits per heavy atom. The first-order chi connectivity index (χ1) is 6.80. The van der Waals surface area contributed by atoms with Crippen molar-refractivity contribution in [3.05, 3.63) is 0 Å². The number of aliphatic hydroxyl groups is 4. The second-order valence-corrected chi connectivity index (χ2v) is 3.28. The van der Waals surface area contributed by atoms with Gasteiger partial charge in [0.2, 0.25) is 0 Å². The van der Waals surface area contributed by atoms with Crippen LogP contribution in [0.15, 0.2) is 0 Å². The molecule has 0 heterocycles. The van der Waals surface area contributed by atoms with E-state index in [0.29, 0.717) is 0 Å². The molecule has 0 radical (unpaired) electrons. The fourth-order valence-corrected chi connectivity index (χ4v) is 1.00. The third kappa shape index (κ3) is 5.31. The van der Waals surface area contributed by atoms with E-state index in [0.717, 1.165) is 0 Å². The van der Waals surface area contributed by atoms with Crippen LogP contribution in [0.3, 0.4) is 0 Å². The van der Waals surface area contributed by atoms with E-state index in [2.05, 4.69) is 0 Å². The smallest absolute Gasteiger partial charge is 0.306 e. The average molecular weight is 232 g/mol. The van der Waals surface area contributed by atoms with E-state index in [1.54, 1.807) is 0 Å². The number of rotatable bonds is 7. The first-order valence-corrected chi connectivity index (χ1v) is 4.50. The Labute approximate surface area is 85.0 Å². The van der Waals surface area contributed by atoms with Gasteiger partial charge in [-0.15, -0.1) is 0 Å². The number of halogens is 3. The van der Waals surface area contributed by atoms with Gasteiger partial charge >= 0.3 is 5.97 Å². The highest BCUT2D eigenvalue weighted by Crippen LogP contribution is 2.19. The molecule has 0 aromatic rings. The summed E-state index contributed by atoms with van der Waals surface area (Å²) in [5.41, 5.74) is 0. The van der Waals surface area contributed by atoms with Crippen LogP contribution in [-0.4, -0.2) is 51.5 Å². The minimum absolute atomic E-state index is 0.0613. The van der Waals surface area contributed by atoms with Crippen molar-refractivity contribution < 1.29 is 33.6 Å². The predicted molar refractivity (Wildman–Crippen MR) is 45.0 cm³/mol. The summed E-state index contributed by atoms with van der Waals surface area (Å²) in [6.07, 6.45) is -7.70. The lowest BCUT2D eigenvalue weighted by atomic mass is 10.0. The summed E-state index contributed by atoms with van der Waals surface area (Å²) in [6, 6.07) is 0. The standard InChI is InChI=1S/C8H15F3O4/c9-4-2-1-3-5(10)6(11)7(12)8(13,14)15/h5-7,12-15H,1-4H2. The molecular weight excluding hydrogens is 217 g/mol. The molecule has 4 N–H and O–H groups in total. The lowest BCUT2D eigenvalue weighted by molar-refractivity contribution is -0.365. The van der Waals surface area contributed by atoms with Crippen LogP contribution in [0.25, 0.3) is 0 Å². The second kappa shape index (κ2) is 6.26. The van der Waals surface area contributed by atoms with Crippen LogP contribution in [0, 0.1) is 0 Å². The minimum atomic E-state index is -3.68. The molecule has 0 aromatic carbocycles. The number of aliphatic hydroxyl groups excluding tert-OH is 1. The number of hydrogen-bond donors (Lipinski definition) is 4. The maximum absolute atomic E-state index is 12.9. The van der Waals surface area contributed by atoms with Crippen molar-refractivity contribution in [2.75, 3.05) is 6.67 Å². The second-order valence-electron chi connectivity index (χ2n) is 3.28. The third-order valence-electron chi connectivity index (χ3n) is 1.91. The number of hydrogen-bond acceptors (Lipinski definition) is 4. The van der Waals surface area contributed by atoms with Crippen molar-refractivity contribution in [3.63, 3.8) is 0 Å². The van der Waals surface area contributed by atoms with Crippen LogP contribution in [-0.2, 0) is 0 Å². The van der Waals surface area contributed by atoms with E-state index in [1.807, 2.05) is 0 Å². The monoisotopic (exact) mass is 232 g/mol. The Kier molecular flexibility index (Phi) is 6.11. The average Bonchev–Trinajstić information content (AvgIpc) is 2.14. The van der Waals surface area contributed by atoms with E-state index in [1.165, 1.54) is 0 Å². The van der Waals surface area contributed by atoms with Gasteiger partial charge in [0.15, 0.2) is 12.3 Å². The fourth-order valence-electron chi connectivity index (χ4n) is 1.00. The van der Waals surface area contributed by atoms with Gasteiger partial charge in [0.05, 0.1) is 6.67 Å². The molecule has 0 saturated heterocycles. The topological polar surface area (TPSA) is 80.9 Å². The highest BCUT2D eigenvalue weighted by atomic mass is 19.2. The molecule has 4 nitrogen and oxygen atoms in total. The van der Waals surface area contributed by atoms with Crippen molar-refractivity contribution in [2.45, 2.75) is 43.7 Å². The summed E-state index contributed by atoms with van der Waals surface area (Å²) in [5.74, 6) is -3.68. The maximum Gasteiger partial charge on any atom is 0.306 e. The van der Waals surface area contributed by atoms with Gasteiger partial charge in [-0.2, -0.15) is 0 Å². The van der Waals surface area contributed by atoms with E-state index in [-0.39, 0.29) is 19.3 Å². The summed E-state index contributed by atoms with van der Waals surface area (Å²) in [6.45, 7) is -0.657. The molecule has 7 heteroatoms. The van der Waals surface area contributed by atoms with Gasteiger partial charge in [-0.1, -0.05) is 0 Å². The normalized spacial score (nSPS) is 18.6. The molecule has 0 aliphatic heterocycles. The Balaban J connectivity index is 4.02. The third-order valence-corrected chi connectivity index (χ3v) is 1.91. The van der Waals surface area contributed by atoms with Crippen molar-refractivity contribution in [1.29, 1.82) is 0 Å². The van der Waals surface area contributed by atoms with Crippen LogP contribution >= 0.6 is 0 Å². The SMILES string of the molecule is OC(C(F)C(F)CCCCF)C(O)(O)O. The quantitative estimate of drug-likeness (QED) is 0.362. The number of unbranched alkanes of at least 4 members (excludes halogenated alkanes) is 1.